The van der Waals surface area contributed by atoms with Gasteiger partial charge < -0.3 is 4.74 Å². The molecular weight excluding hydrogens is 184 g/mol. The van der Waals surface area contributed by atoms with Crippen LogP contribution in [-0.4, -0.2) is 7.11 Å². The number of hydrogen-bond acceptors (Lipinski definition) is 1. The monoisotopic (exact) mass is 196 g/mol. The van der Waals surface area contributed by atoms with E-state index in [1.54, 1.807) is 7.11 Å². The summed E-state index contributed by atoms with van der Waals surface area (Å²) in [5.74, 6) is 0.852. The van der Waals surface area contributed by atoms with Crippen molar-refractivity contribution >= 4 is 16.6 Å². The Hall–Kier alpha value is -0.950. The summed E-state index contributed by atoms with van der Waals surface area (Å²) >= 11 is 6.02. The molecule has 0 heterocycles. The van der Waals surface area contributed by atoms with Gasteiger partial charge in [0.15, 0.2) is 0 Å². The Bertz CT molecular complexity index is 287. The highest BCUT2D eigenvalue weighted by Gasteiger charge is 1.96. The zero-order valence-electron chi connectivity index (χ0n) is 7.88. The van der Waals surface area contributed by atoms with Crippen LogP contribution in [0.4, 0.5) is 0 Å². The molecule has 1 aromatic carbocycles. The summed E-state index contributed by atoms with van der Waals surface area (Å²) in [5, 5.41) is 0.796. The van der Waals surface area contributed by atoms with E-state index in [9.17, 15) is 0 Å². The van der Waals surface area contributed by atoms with Crippen molar-refractivity contribution in [2.45, 2.75) is 13.3 Å². The summed E-state index contributed by atoms with van der Waals surface area (Å²) in [7, 11) is 1.65. The number of halogens is 1. The third kappa shape index (κ3) is 2.78. The first kappa shape index (κ1) is 10.1. The summed E-state index contributed by atoms with van der Waals surface area (Å²) < 4.78 is 5.05. The van der Waals surface area contributed by atoms with Crippen LogP contribution in [0.25, 0.3) is 5.03 Å². The van der Waals surface area contributed by atoms with Gasteiger partial charge in [0.1, 0.15) is 5.75 Å². The van der Waals surface area contributed by atoms with Crippen molar-refractivity contribution in [1.82, 2.24) is 0 Å². The minimum Gasteiger partial charge on any atom is -0.497 e. The summed E-state index contributed by atoms with van der Waals surface area (Å²) in [6.45, 7) is 2.06. The van der Waals surface area contributed by atoms with E-state index in [1.807, 2.05) is 30.3 Å². The first-order valence-electron chi connectivity index (χ1n) is 4.28. The van der Waals surface area contributed by atoms with E-state index in [-0.39, 0.29) is 0 Å². The van der Waals surface area contributed by atoms with Gasteiger partial charge in [-0.15, -0.1) is 0 Å². The molecule has 0 aliphatic rings. The van der Waals surface area contributed by atoms with Crippen molar-refractivity contribution in [1.29, 1.82) is 0 Å². The summed E-state index contributed by atoms with van der Waals surface area (Å²) in [5.41, 5.74) is 1.03. The largest absolute Gasteiger partial charge is 0.497 e. The predicted octanol–water partition coefficient (Wildman–Crippen LogP) is 3.68. The lowest BCUT2D eigenvalue weighted by molar-refractivity contribution is 0.415. The van der Waals surface area contributed by atoms with E-state index in [1.165, 1.54) is 0 Å². The van der Waals surface area contributed by atoms with Gasteiger partial charge in [-0.25, -0.2) is 0 Å². The minimum atomic E-state index is 0.796. The zero-order valence-corrected chi connectivity index (χ0v) is 8.64. The Morgan fingerprint density at radius 2 is 2.00 bits per heavy atom. The van der Waals surface area contributed by atoms with E-state index < -0.39 is 0 Å². The number of ether oxygens (including phenoxy) is 1. The van der Waals surface area contributed by atoms with Crippen LogP contribution in [0, 0.1) is 0 Å². The van der Waals surface area contributed by atoms with Gasteiger partial charge in [-0.05, 0) is 36.2 Å². The number of benzene rings is 1. The lowest BCUT2D eigenvalue weighted by Gasteiger charge is -2.01. The highest BCUT2D eigenvalue weighted by molar-refractivity contribution is 6.48. The zero-order chi connectivity index (χ0) is 9.68. The van der Waals surface area contributed by atoms with E-state index in [2.05, 4.69) is 6.92 Å². The van der Waals surface area contributed by atoms with Gasteiger partial charge in [0.25, 0.3) is 0 Å². The second-order valence-electron chi connectivity index (χ2n) is 2.69. The van der Waals surface area contributed by atoms with Gasteiger partial charge >= 0.3 is 0 Å². The molecule has 0 bridgehead atoms. The molecule has 13 heavy (non-hydrogen) atoms. The van der Waals surface area contributed by atoms with Crippen LogP contribution in [0.3, 0.4) is 0 Å². The molecule has 0 aliphatic heterocycles. The fourth-order valence-corrected chi connectivity index (χ4v) is 1.33. The van der Waals surface area contributed by atoms with Gasteiger partial charge in [0, 0.05) is 5.03 Å². The molecule has 0 saturated heterocycles. The number of hydrogen-bond donors (Lipinski definition) is 0. The van der Waals surface area contributed by atoms with Gasteiger partial charge in [0.05, 0.1) is 7.11 Å². The lowest BCUT2D eigenvalue weighted by atomic mass is 10.2. The fourth-order valence-electron chi connectivity index (χ4n) is 1.05. The molecule has 0 spiro atoms. The number of allylic oxidation sites excluding steroid dienone is 1. The van der Waals surface area contributed by atoms with Gasteiger partial charge in [-0.3, -0.25) is 0 Å². The third-order valence-electron chi connectivity index (χ3n) is 1.75. The summed E-state index contributed by atoms with van der Waals surface area (Å²) in [6, 6.07) is 7.71. The quantitative estimate of drug-likeness (QED) is 0.717. The second kappa shape index (κ2) is 4.93. The third-order valence-corrected chi connectivity index (χ3v) is 2.12. The smallest absolute Gasteiger partial charge is 0.118 e. The maximum Gasteiger partial charge on any atom is 0.118 e. The van der Waals surface area contributed by atoms with Crippen molar-refractivity contribution in [3.8, 4) is 5.75 Å². The molecule has 2 heteroatoms. The molecule has 0 atom stereocenters. The Kier molecular flexibility index (Phi) is 3.84. The molecule has 0 saturated carbocycles. The van der Waals surface area contributed by atoms with E-state index in [4.69, 9.17) is 16.3 Å². The van der Waals surface area contributed by atoms with Crippen molar-refractivity contribution in [2.75, 3.05) is 7.11 Å². The first-order valence-corrected chi connectivity index (χ1v) is 4.65. The molecular formula is C11H13ClO. The fraction of sp³-hybridized carbons (Fsp3) is 0.273. The standard InChI is InChI=1S/C11H13ClO/c1-3-4-11(12)9-5-7-10(13-2)8-6-9/h4-8H,3H2,1-2H3/b11-4-. The van der Waals surface area contributed by atoms with Crippen LogP contribution in [0.5, 0.6) is 5.75 Å². The molecule has 1 nitrogen and oxygen atoms in total. The average molecular weight is 197 g/mol. The normalized spacial score (nSPS) is 11.5. The van der Waals surface area contributed by atoms with Crippen molar-refractivity contribution < 1.29 is 4.74 Å². The first-order chi connectivity index (χ1) is 6.27. The van der Waals surface area contributed by atoms with Gasteiger partial charge in [-0.1, -0.05) is 24.6 Å². The highest BCUT2D eigenvalue weighted by Crippen LogP contribution is 2.21. The van der Waals surface area contributed by atoms with Crippen molar-refractivity contribution in [3.63, 3.8) is 0 Å². The molecule has 0 N–H and O–H groups in total. The molecule has 70 valence electrons. The van der Waals surface area contributed by atoms with Crippen LogP contribution in [0.2, 0.25) is 0 Å². The van der Waals surface area contributed by atoms with E-state index in [0.29, 0.717) is 0 Å². The van der Waals surface area contributed by atoms with Crippen molar-refractivity contribution in [3.05, 3.63) is 35.9 Å². The van der Waals surface area contributed by atoms with Crippen LogP contribution in [0.15, 0.2) is 30.3 Å². The minimum absolute atomic E-state index is 0.796. The molecule has 0 aromatic heterocycles. The Balaban J connectivity index is 2.85. The molecule has 0 aliphatic carbocycles. The van der Waals surface area contributed by atoms with Crippen LogP contribution >= 0.6 is 11.6 Å². The molecule has 0 unspecified atom stereocenters. The van der Waals surface area contributed by atoms with E-state index in [0.717, 1.165) is 22.8 Å². The topological polar surface area (TPSA) is 9.23 Å². The number of methoxy groups -OCH3 is 1. The van der Waals surface area contributed by atoms with Gasteiger partial charge in [-0.2, -0.15) is 0 Å². The van der Waals surface area contributed by atoms with E-state index >= 15 is 0 Å². The molecule has 0 radical (unpaired) electrons. The van der Waals surface area contributed by atoms with Gasteiger partial charge in [0.2, 0.25) is 0 Å². The maximum atomic E-state index is 6.02. The summed E-state index contributed by atoms with van der Waals surface area (Å²) in [6.07, 6.45) is 2.94. The Morgan fingerprint density at radius 3 is 2.46 bits per heavy atom. The molecule has 1 aromatic rings. The average Bonchev–Trinajstić information content (AvgIpc) is 2.18. The maximum absolute atomic E-state index is 6.02. The van der Waals surface area contributed by atoms with Crippen LogP contribution in [-0.2, 0) is 0 Å². The SMILES string of the molecule is CC/C=C(\Cl)c1ccc(OC)cc1. The molecule has 0 fully saturated rings. The summed E-state index contributed by atoms with van der Waals surface area (Å²) in [4.78, 5) is 0. The predicted molar refractivity (Wildman–Crippen MR) is 57.1 cm³/mol. The van der Waals surface area contributed by atoms with Crippen LogP contribution < -0.4 is 4.74 Å². The Morgan fingerprint density at radius 1 is 1.38 bits per heavy atom. The Labute approximate surface area is 84.0 Å². The van der Waals surface area contributed by atoms with Crippen LogP contribution in [0.1, 0.15) is 18.9 Å². The number of rotatable bonds is 3. The van der Waals surface area contributed by atoms with Crippen molar-refractivity contribution in [2.24, 2.45) is 0 Å². The molecule has 1 rings (SSSR count). The highest BCUT2D eigenvalue weighted by atomic mass is 35.5. The molecule has 0 amide bonds. The second-order valence-corrected chi connectivity index (χ2v) is 3.10. The lowest BCUT2D eigenvalue weighted by Crippen LogP contribution is -1.82.